The number of hydrogen-bond acceptors (Lipinski definition) is 2. The van der Waals surface area contributed by atoms with E-state index in [9.17, 15) is 10.4 Å². The van der Waals surface area contributed by atoms with Crippen molar-refractivity contribution in [3.8, 4) is 6.07 Å². The van der Waals surface area contributed by atoms with Crippen molar-refractivity contribution in [2.75, 3.05) is 0 Å². The van der Waals surface area contributed by atoms with E-state index in [0.29, 0.717) is 5.92 Å². The first-order valence-corrected chi connectivity index (χ1v) is 7.84. The first kappa shape index (κ1) is 14.6. The van der Waals surface area contributed by atoms with Gasteiger partial charge < -0.3 is 5.11 Å². The second-order valence-corrected chi connectivity index (χ2v) is 6.82. The Balaban J connectivity index is 2.14. The molecule has 0 aromatic carbocycles. The van der Waals surface area contributed by atoms with E-state index in [0.717, 1.165) is 38.5 Å². The van der Waals surface area contributed by atoms with Crippen molar-refractivity contribution in [3.63, 3.8) is 0 Å². The van der Waals surface area contributed by atoms with Gasteiger partial charge in [0, 0.05) is 0 Å². The third kappa shape index (κ3) is 3.20. The predicted molar refractivity (Wildman–Crippen MR) is 77.4 cm³/mol. The number of aliphatic hydroxyl groups excluding tert-OH is 1. The smallest absolute Gasteiger partial charge is 0.0835 e. The molecule has 2 heteroatoms. The fraction of sp³-hybridized carbons (Fsp3) is 0.824. The lowest BCUT2D eigenvalue weighted by Crippen LogP contribution is -2.40. The van der Waals surface area contributed by atoms with E-state index in [4.69, 9.17) is 0 Å². The first-order valence-electron chi connectivity index (χ1n) is 7.84. The van der Waals surface area contributed by atoms with Crippen molar-refractivity contribution >= 4 is 0 Å². The fourth-order valence-electron chi connectivity index (χ4n) is 4.12. The maximum Gasteiger partial charge on any atom is 0.0835 e. The van der Waals surface area contributed by atoms with Gasteiger partial charge in [0.15, 0.2) is 0 Å². The topological polar surface area (TPSA) is 44.0 Å². The molecule has 3 atom stereocenters. The van der Waals surface area contributed by atoms with Crippen LogP contribution < -0.4 is 0 Å². The molecule has 0 saturated heterocycles. The summed E-state index contributed by atoms with van der Waals surface area (Å²) in [6, 6.07) is 2.51. The highest BCUT2D eigenvalue weighted by molar-refractivity contribution is 5.12. The molecule has 0 spiro atoms. The van der Waals surface area contributed by atoms with Gasteiger partial charge in [0.1, 0.15) is 0 Å². The largest absolute Gasteiger partial charge is 0.391 e. The monoisotopic (exact) mass is 261 g/mol. The second-order valence-electron chi connectivity index (χ2n) is 6.82. The number of rotatable bonds is 2. The molecule has 1 N–H and O–H groups in total. The molecule has 2 aliphatic rings. The van der Waals surface area contributed by atoms with Crippen LogP contribution in [-0.2, 0) is 0 Å². The summed E-state index contributed by atoms with van der Waals surface area (Å²) in [5, 5.41) is 20.5. The van der Waals surface area contributed by atoms with Crippen LogP contribution in [0.2, 0.25) is 0 Å². The van der Waals surface area contributed by atoms with Gasteiger partial charge in [0.2, 0.25) is 0 Å². The molecule has 0 aromatic heterocycles. The van der Waals surface area contributed by atoms with Crippen LogP contribution in [0.5, 0.6) is 0 Å². The zero-order valence-corrected chi connectivity index (χ0v) is 12.4. The summed E-state index contributed by atoms with van der Waals surface area (Å²) < 4.78 is 0. The van der Waals surface area contributed by atoms with Crippen molar-refractivity contribution < 1.29 is 5.11 Å². The zero-order valence-electron chi connectivity index (χ0n) is 12.4. The van der Waals surface area contributed by atoms with E-state index in [2.05, 4.69) is 26.0 Å². The SMILES string of the molecule is CC1=CC(C)CC(C(O)C2(C#N)CCCCCC2)C1. The van der Waals surface area contributed by atoms with Crippen molar-refractivity contribution in [2.24, 2.45) is 17.3 Å². The van der Waals surface area contributed by atoms with Gasteiger partial charge in [-0.3, -0.25) is 0 Å². The van der Waals surface area contributed by atoms with Crippen LogP contribution >= 0.6 is 0 Å². The van der Waals surface area contributed by atoms with Gasteiger partial charge >= 0.3 is 0 Å². The summed E-state index contributed by atoms with van der Waals surface area (Å²) in [7, 11) is 0. The Hall–Kier alpha value is -0.810. The minimum Gasteiger partial charge on any atom is -0.391 e. The molecule has 0 aliphatic heterocycles. The first-order chi connectivity index (χ1) is 9.07. The highest BCUT2D eigenvalue weighted by Gasteiger charge is 2.43. The van der Waals surface area contributed by atoms with Crippen molar-refractivity contribution in [1.82, 2.24) is 0 Å². The molecule has 0 bridgehead atoms. The highest BCUT2D eigenvalue weighted by Crippen LogP contribution is 2.44. The van der Waals surface area contributed by atoms with Gasteiger partial charge in [-0.15, -0.1) is 0 Å². The highest BCUT2D eigenvalue weighted by atomic mass is 16.3. The fourth-order valence-corrected chi connectivity index (χ4v) is 4.12. The molecular weight excluding hydrogens is 234 g/mol. The van der Waals surface area contributed by atoms with Gasteiger partial charge in [0.05, 0.1) is 17.6 Å². The third-order valence-electron chi connectivity index (χ3n) is 5.06. The molecule has 19 heavy (non-hydrogen) atoms. The molecule has 0 heterocycles. The predicted octanol–water partition coefficient (Wildman–Crippen LogP) is 4.20. The van der Waals surface area contributed by atoms with Crippen LogP contribution in [0, 0.1) is 28.6 Å². The molecule has 0 aromatic rings. The van der Waals surface area contributed by atoms with Gasteiger partial charge in [-0.25, -0.2) is 0 Å². The normalized spacial score (nSPS) is 32.8. The Labute approximate surface area is 117 Å². The number of nitriles is 1. The molecule has 0 radical (unpaired) electrons. The number of hydrogen-bond donors (Lipinski definition) is 1. The Morgan fingerprint density at radius 3 is 2.47 bits per heavy atom. The van der Waals surface area contributed by atoms with Crippen LogP contribution in [0.3, 0.4) is 0 Å². The Morgan fingerprint density at radius 1 is 1.32 bits per heavy atom. The zero-order chi connectivity index (χ0) is 13.9. The van der Waals surface area contributed by atoms with Crippen LogP contribution in [0.15, 0.2) is 11.6 Å². The summed E-state index contributed by atoms with van der Waals surface area (Å²) in [5.74, 6) is 0.813. The maximum absolute atomic E-state index is 10.9. The van der Waals surface area contributed by atoms with Crippen molar-refractivity contribution in [1.29, 1.82) is 5.26 Å². The molecular formula is C17H27NO. The average molecular weight is 261 g/mol. The summed E-state index contributed by atoms with van der Waals surface area (Å²) in [6.07, 6.45) is 10.3. The van der Waals surface area contributed by atoms with E-state index in [1.165, 1.54) is 18.4 Å². The number of nitrogens with zero attached hydrogens (tertiary/aromatic N) is 1. The summed E-state index contributed by atoms with van der Waals surface area (Å²) in [4.78, 5) is 0. The molecule has 3 unspecified atom stereocenters. The van der Waals surface area contributed by atoms with Crippen molar-refractivity contribution in [3.05, 3.63) is 11.6 Å². The molecule has 106 valence electrons. The molecule has 1 fully saturated rings. The summed E-state index contributed by atoms with van der Waals surface area (Å²) in [6.45, 7) is 4.37. The number of allylic oxidation sites excluding steroid dienone is 2. The summed E-state index contributed by atoms with van der Waals surface area (Å²) in [5.41, 5.74) is 0.905. The van der Waals surface area contributed by atoms with Gasteiger partial charge in [-0.05, 0) is 44.4 Å². The molecule has 0 amide bonds. The molecule has 2 rings (SSSR count). The Kier molecular flexibility index (Phi) is 4.68. The second kappa shape index (κ2) is 6.09. The lowest BCUT2D eigenvalue weighted by Gasteiger charge is -2.38. The van der Waals surface area contributed by atoms with Gasteiger partial charge in [-0.2, -0.15) is 5.26 Å². The van der Waals surface area contributed by atoms with E-state index < -0.39 is 11.5 Å². The van der Waals surface area contributed by atoms with E-state index in [1.807, 2.05) is 0 Å². The average Bonchev–Trinajstić information content (AvgIpc) is 2.63. The van der Waals surface area contributed by atoms with Crippen LogP contribution in [-0.4, -0.2) is 11.2 Å². The van der Waals surface area contributed by atoms with Gasteiger partial charge in [-0.1, -0.05) is 44.3 Å². The Bertz CT molecular complexity index is 371. The van der Waals surface area contributed by atoms with Crippen molar-refractivity contribution in [2.45, 2.75) is 71.3 Å². The molecule has 2 nitrogen and oxygen atoms in total. The lowest BCUT2D eigenvalue weighted by molar-refractivity contribution is -0.00407. The standard InChI is InChI=1S/C17H27NO/c1-13-9-14(2)11-15(10-13)16(19)17(12-18)7-5-3-4-6-8-17/h9,13,15-16,19H,3-8,10-11H2,1-2H3. The minimum atomic E-state index is -0.474. The maximum atomic E-state index is 10.9. The van der Waals surface area contributed by atoms with E-state index in [-0.39, 0.29) is 5.92 Å². The Morgan fingerprint density at radius 2 is 1.95 bits per heavy atom. The van der Waals surface area contributed by atoms with Gasteiger partial charge in [0.25, 0.3) is 0 Å². The summed E-state index contributed by atoms with van der Waals surface area (Å²) >= 11 is 0. The third-order valence-corrected chi connectivity index (χ3v) is 5.06. The molecule has 2 aliphatic carbocycles. The minimum absolute atomic E-state index is 0.276. The van der Waals surface area contributed by atoms with E-state index >= 15 is 0 Å². The van der Waals surface area contributed by atoms with E-state index in [1.54, 1.807) is 0 Å². The molecule has 1 saturated carbocycles. The van der Waals surface area contributed by atoms with Crippen LogP contribution in [0.1, 0.15) is 65.2 Å². The number of aliphatic hydroxyl groups is 1. The van der Waals surface area contributed by atoms with Crippen LogP contribution in [0.4, 0.5) is 0 Å². The lowest BCUT2D eigenvalue weighted by atomic mass is 9.67. The quantitative estimate of drug-likeness (QED) is 0.598. The van der Waals surface area contributed by atoms with Crippen LogP contribution in [0.25, 0.3) is 0 Å².